The normalized spacial score (nSPS) is 11.2. The van der Waals surface area contributed by atoms with E-state index < -0.39 is 4.92 Å². The summed E-state index contributed by atoms with van der Waals surface area (Å²) in [5.74, 6) is 0.402. The minimum atomic E-state index is -0.468. The van der Waals surface area contributed by atoms with Gasteiger partial charge in [-0.15, -0.1) is 0 Å². The molecule has 0 aliphatic carbocycles. The second kappa shape index (κ2) is 7.76. The van der Waals surface area contributed by atoms with Gasteiger partial charge in [-0.3, -0.25) is 14.9 Å². The number of halogens is 1. The van der Waals surface area contributed by atoms with Gasteiger partial charge in [0.15, 0.2) is 5.82 Å². The Kier molecular flexibility index (Phi) is 5.01. The minimum Gasteiger partial charge on any atom is -0.267 e. The van der Waals surface area contributed by atoms with Crippen LogP contribution in [0.5, 0.6) is 0 Å². The molecular weight excluding hydrogens is 436 g/mol. The molecule has 8 heteroatoms. The molecule has 0 amide bonds. The first kappa shape index (κ1) is 18.7. The van der Waals surface area contributed by atoms with Crippen molar-refractivity contribution in [2.45, 2.75) is 0 Å². The molecule has 4 aromatic rings. The molecule has 0 saturated heterocycles. The molecular formula is C21H13BrN4O3. The molecule has 0 unspecified atom stereocenters. The van der Waals surface area contributed by atoms with Gasteiger partial charge in [0.1, 0.15) is 0 Å². The van der Waals surface area contributed by atoms with Gasteiger partial charge in [0, 0.05) is 22.2 Å². The summed E-state index contributed by atoms with van der Waals surface area (Å²) in [5.41, 5.74) is 1.63. The molecule has 7 nitrogen and oxygen atoms in total. The van der Waals surface area contributed by atoms with E-state index in [2.05, 4.69) is 26.0 Å². The molecule has 0 saturated carbocycles. The number of fused-ring (bicyclic) bond motifs is 1. The van der Waals surface area contributed by atoms with E-state index in [-0.39, 0.29) is 11.2 Å². The molecule has 4 rings (SSSR count). The number of rotatable bonds is 4. The first-order valence-electron chi connectivity index (χ1n) is 8.59. The summed E-state index contributed by atoms with van der Waals surface area (Å²) in [6, 6.07) is 20.4. The van der Waals surface area contributed by atoms with Crippen molar-refractivity contribution in [1.82, 2.24) is 9.66 Å². The van der Waals surface area contributed by atoms with Gasteiger partial charge in [-0.1, -0.05) is 40.2 Å². The first-order valence-corrected chi connectivity index (χ1v) is 9.39. The van der Waals surface area contributed by atoms with Crippen LogP contribution in [0.15, 0.2) is 87.2 Å². The lowest BCUT2D eigenvalue weighted by molar-refractivity contribution is -0.384. The number of aromatic nitrogens is 2. The molecule has 0 radical (unpaired) electrons. The summed E-state index contributed by atoms with van der Waals surface area (Å²) >= 11 is 3.40. The molecule has 0 fully saturated rings. The van der Waals surface area contributed by atoms with Crippen LogP contribution >= 0.6 is 15.9 Å². The van der Waals surface area contributed by atoms with Gasteiger partial charge in [-0.2, -0.15) is 9.78 Å². The molecule has 142 valence electrons. The van der Waals surface area contributed by atoms with Crippen molar-refractivity contribution < 1.29 is 4.92 Å². The maximum Gasteiger partial charge on any atom is 0.282 e. The van der Waals surface area contributed by atoms with Crippen molar-refractivity contribution in [3.05, 3.63) is 103 Å². The molecule has 0 spiro atoms. The Morgan fingerprint density at radius 1 is 1.00 bits per heavy atom. The zero-order valence-electron chi connectivity index (χ0n) is 14.9. The molecule has 0 aliphatic heterocycles. The van der Waals surface area contributed by atoms with Gasteiger partial charge in [0.2, 0.25) is 0 Å². The van der Waals surface area contributed by atoms with E-state index in [1.54, 1.807) is 30.3 Å². The summed E-state index contributed by atoms with van der Waals surface area (Å²) < 4.78 is 2.15. The topological polar surface area (TPSA) is 90.4 Å². The van der Waals surface area contributed by atoms with E-state index in [0.717, 1.165) is 10.0 Å². The number of nitrogens with zero attached hydrogens (tertiary/aromatic N) is 4. The van der Waals surface area contributed by atoms with Crippen LogP contribution in [0.2, 0.25) is 0 Å². The predicted molar refractivity (Wildman–Crippen MR) is 115 cm³/mol. The highest BCUT2D eigenvalue weighted by Crippen LogP contribution is 2.21. The number of hydrogen-bond donors (Lipinski definition) is 0. The van der Waals surface area contributed by atoms with Crippen molar-refractivity contribution >= 4 is 38.7 Å². The van der Waals surface area contributed by atoms with E-state index in [9.17, 15) is 14.9 Å². The number of benzene rings is 3. The number of hydrogen-bond acceptors (Lipinski definition) is 5. The van der Waals surface area contributed by atoms with Crippen molar-refractivity contribution in [1.29, 1.82) is 0 Å². The number of nitro groups is 1. The van der Waals surface area contributed by atoms with Crippen LogP contribution < -0.4 is 5.56 Å². The molecule has 0 N–H and O–H groups in total. The lowest BCUT2D eigenvalue weighted by Crippen LogP contribution is -2.20. The van der Waals surface area contributed by atoms with Gasteiger partial charge in [-0.25, -0.2) is 4.98 Å². The zero-order chi connectivity index (χ0) is 20.4. The number of para-hydroxylation sites is 1. The van der Waals surface area contributed by atoms with Crippen LogP contribution in [0.4, 0.5) is 5.69 Å². The van der Waals surface area contributed by atoms with E-state index >= 15 is 0 Å². The Morgan fingerprint density at radius 2 is 1.69 bits per heavy atom. The van der Waals surface area contributed by atoms with Crippen LogP contribution in [0.3, 0.4) is 0 Å². The lowest BCUT2D eigenvalue weighted by Gasteiger charge is -2.09. The predicted octanol–water partition coefficient (Wildman–Crippen LogP) is 4.62. The molecule has 29 heavy (non-hydrogen) atoms. The fourth-order valence-corrected chi connectivity index (χ4v) is 3.09. The van der Waals surface area contributed by atoms with Crippen molar-refractivity contribution in [3.8, 4) is 11.4 Å². The SMILES string of the molecule is O=c1c2ccccc2nc(-c2ccc(Br)cc2)n1N=Cc1ccc([N+](=O)[O-])cc1. The van der Waals surface area contributed by atoms with Gasteiger partial charge in [0.25, 0.3) is 11.2 Å². The van der Waals surface area contributed by atoms with Crippen molar-refractivity contribution in [3.63, 3.8) is 0 Å². The second-order valence-electron chi connectivity index (χ2n) is 6.17. The third-order valence-corrected chi connectivity index (χ3v) is 4.81. The molecule has 0 bridgehead atoms. The monoisotopic (exact) mass is 448 g/mol. The Bertz CT molecular complexity index is 1300. The Hall–Kier alpha value is -3.65. The van der Waals surface area contributed by atoms with E-state index in [1.807, 2.05) is 30.3 Å². The zero-order valence-corrected chi connectivity index (χ0v) is 16.5. The third-order valence-electron chi connectivity index (χ3n) is 4.28. The second-order valence-corrected chi connectivity index (χ2v) is 7.09. The molecule has 3 aromatic carbocycles. The standard InChI is InChI=1S/C21H13BrN4O3/c22-16-9-7-15(8-10-16)20-24-19-4-2-1-3-18(19)21(27)25(20)23-13-14-5-11-17(12-6-14)26(28)29/h1-13H. The molecule has 1 aromatic heterocycles. The van der Waals surface area contributed by atoms with Crippen LogP contribution in [0, 0.1) is 10.1 Å². The molecule has 0 atom stereocenters. The fraction of sp³-hybridized carbons (Fsp3) is 0. The van der Waals surface area contributed by atoms with E-state index in [0.29, 0.717) is 22.3 Å². The number of nitro benzene ring substituents is 1. The van der Waals surface area contributed by atoms with Gasteiger partial charge < -0.3 is 0 Å². The smallest absolute Gasteiger partial charge is 0.267 e. The van der Waals surface area contributed by atoms with Crippen LogP contribution in [0.25, 0.3) is 22.3 Å². The molecule has 0 aliphatic rings. The van der Waals surface area contributed by atoms with Gasteiger partial charge >= 0.3 is 0 Å². The average Bonchev–Trinajstić information content (AvgIpc) is 2.74. The highest BCUT2D eigenvalue weighted by Gasteiger charge is 2.12. The summed E-state index contributed by atoms with van der Waals surface area (Å²) in [6.45, 7) is 0. The lowest BCUT2D eigenvalue weighted by atomic mass is 10.2. The van der Waals surface area contributed by atoms with Gasteiger partial charge in [-0.05, 0) is 42.0 Å². The summed E-state index contributed by atoms with van der Waals surface area (Å²) in [4.78, 5) is 28.0. The third kappa shape index (κ3) is 3.83. The average molecular weight is 449 g/mol. The Labute approximate surface area is 173 Å². The van der Waals surface area contributed by atoms with Gasteiger partial charge in [0.05, 0.1) is 22.0 Å². The fourth-order valence-electron chi connectivity index (χ4n) is 2.82. The number of non-ortho nitro benzene ring substituents is 1. The summed E-state index contributed by atoms with van der Waals surface area (Å²) in [7, 11) is 0. The minimum absolute atomic E-state index is 0.0118. The molecule has 1 heterocycles. The quantitative estimate of drug-likeness (QED) is 0.258. The van der Waals surface area contributed by atoms with Crippen LogP contribution in [-0.4, -0.2) is 20.8 Å². The Balaban J connectivity index is 1.86. The van der Waals surface area contributed by atoms with Crippen molar-refractivity contribution in [2.24, 2.45) is 5.10 Å². The summed E-state index contributed by atoms with van der Waals surface area (Å²) in [6.07, 6.45) is 1.48. The maximum atomic E-state index is 13.1. The van der Waals surface area contributed by atoms with Crippen LogP contribution in [0.1, 0.15) is 5.56 Å². The maximum absolute atomic E-state index is 13.1. The highest BCUT2D eigenvalue weighted by atomic mass is 79.9. The largest absolute Gasteiger partial charge is 0.282 e. The Morgan fingerprint density at radius 3 is 2.38 bits per heavy atom. The highest BCUT2D eigenvalue weighted by molar-refractivity contribution is 9.10. The van der Waals surface area contributed by atoms with Crippen molar-refractivity contribution in [2.75, 3.05) is 0 Å². The van der Waals surface area contributed by atoms with E-state index in [4.69, 9.17) is 0 Å². The van der Waals surface area contributed by atoms with E-state index in [1.165, 1.54) is 23.0 Å². The van der Waals surface area contributed by atoms with Crippen LogP contribution in [-0.2, 0) is 0 Å². The first-order chi connectivity index (χ1) is 14.0. The summed E-state index contributed by atoms with van der Waals surface area (Å²) in [5, 5.41) is 15.6.